The van der Waals surface area contributed by atoms with Gasteiger partial charge in [0.25, 0.3) is 11.6 Å². The van der Waals surface area contributed by atoms with Crippen molar-refractivity contribution in [3.05, 3.63) is 69.3 Å². The van der Waals surface area contributed by atoms with E-state index in [0.29, 0.717) is 11.3 Å². The number of nitro benzene ring substituents is 1. The summed E-state index contributed by atoms with van der Waals surface area (Å²) in [5.41, 5.74) is 1.87. The van der Waals surface area contributed by atoms with Gasteiger partial charge in [0.1, 0.15) is 0 Å². The predicted molar refractivity (Wildman–Crippen MR) is 91.5 cm³/mol. The van der Waals surface area contributed by atoms with Crippen LogP contribution in [0.25, 0.3) is 0 Å². The molecule has 2 aromatic rings. The maximum Gasteiger partial charge on any atom is 0.411 e. The zero-order valence-corrected chi connectivity index (χ0v) is 13.7. The van der Waals surface area contributed by atoms with Crippen LogP contribution in [0.5, 0.6) is 0 Å². The summed E-state index contributed by atoms with van der Waals surface area (Å²) < 4.78 is 4.49. The Morgan fingerprint density at radius 2 is 1.84 bits per heavy atom. The van der Waals surface area contributed by atoms with Crippen molar-refractivity contribution in [1.29, 1.82) is 0 Å². The second-order valence-electron chi connectivity index (χ2n) is 5.20. The fourth-order valence-corrected chi connectivity index (χ4v) is 2.22. The smallest absolute Gasteiger partial charge is 0.411 e. The van der Waals surface area contributed by atoms with Crippen LogP contribution >= 0.6 is 0 Å². The highest BCUT2D eigenvalue weighted by molar-refractivity contribution is 5.96. The lowest BCUT2D eigenvalue weighted by atomic mass is 10.1. The van der Waals surface area contributed by atoms with Gasteiger partial charge < -0.3 is 10.1 Å². The van der Waals surface area contributed by atoms with Crippen LogP contribution in [0.4, 0.5) is 16.2 Å². The number of nitrogens with one attached hydrogen (secondary N) is 2. The predicted octanol–water partition coefficient (Wildman–Crippen LogP) is 3.01. The molecule has 130 valence electrons. The Kier molecular flexibility index (Phi) is 5.67. The molecule has 0 aliphatic heterocycles. The number of benzene rings is 2. The van der Waals surface area contributed by atoms with Gasteiger partial charge in [-0.05, 0) is 30.7 Å². The first kappa shape index (κ1) is 17.9. The van der Waals surface area contributed by atoms with E-state index in [4.69, 9.17) is 0 Å². The number of carbonyl (C=O) groups excluding carboxylic acids is 2. The molecule has 2 aromatic carbocycles. The molecule has 0 saturated heterocycles. The largest absolute Gasteiger partial charge is 0.453 e. The Morgan fingerprint density at radius 3 is 2.44 bits per heavy atom. The van der Waals surface area contributed by atoms with Crippen molar-refractivity contribution in [2.24, 2.45) is 0 Å². The van der Waals surface area contributed by atoms with Crippen molar-refractivity contribution >= 4 is 23.4 Å². The molecule has 0 fully saturated rings. The summed E-state index contributed by atoms with van der Waals surface area (Å²) in [5, 5.41) is 16.2. The summed E-state index contributed by atoms with van der Waals surface area (Å²) in [7, 11) is 1.27. The van der Waals surface area contributed by atoms with Gasteiger partial charge in [-0.2, -0.15) is 0 Å². The standard InChI is InChI=1S/C17H17N3O5/c1-11-14(4-3-5-15(11)20(23)24)16(21)18-10-12-6-8-13(9-7-12)19-17(22)25-2/h3-9H,10H2,1-2H3,(H,18,21)(H,19,22). The van der Waals surface area contributed by atoms with Crippen molar-refractivity contribution in [1.82, 2.24) is 5.32 Å². The molecule has 0 unspecified atom stereocenters. The first-order valence-electron chi connectivity index (χ1n) is 7.38. The number of ether oxygens (including phenoxy) is 1. The fourth-order valence-electron chi connectivity index (χ4n) is 2.22. The minimum absolute atomic E-state index is 0.0918. The second-order valence-corrected chi connectivity index (χ2v) is 5.20. The molecule has 0 aromatic heterocycles. The number of nitrogens with zero attached hydrogens (tertiary/aromatic N) is 1. The molecular weight excluding hydrogens is 326 g/mol. The van der Waals surface area contributed by atoms with Gasteiger partial charge in [-0.25, -0.2) is 4.79 Å². The second kappa shape index (κ2) is 7.91. The van der Waals surface area contributed by atoms with Crippen LogP contribution in [-0.4, -0.2) is 24.0 Å². The SMILES string of the molecule is COC(=O)Nc1ccc(CNC(=O)c2cccc([N+](=O)[O-])c2C)cc1. The number of hydrogen-bond donors (Lipinski definition) is 2. The first-order valence-corrected chi connectivity index (χ1v) is 7.38. The van der Waals surface area contributed by atoms with Crippen LogP contribution in [0.2, 0.25) is 0 Å². The van der Waals surface area contributed by atoms with Gasteiger partial charge in [0, 0.05) is 29.4 Å². The molecular formula is C17H17N3O5. The summed E-state index contributed by atoms with van der Waals surface area (Å²) >= 11 is 0. The highest BCUT2D eigenvalue weighted by Crippen LogP contribution is 2.21. The van der Waals surface area contributed by atoms with E-state index in [1.54, 1.807) is 37.3 Å². The lowest BCUT2D eigenvalue weighted by molar-refractivity contribution is -0.385. The number of methoxy groups -OCH3 is 1. The van der Waals surface area contributed by atoms with Gasteiger partial charge in [0.2, 0.25) is 0 Å². The molecule has 0 aliphatic rings. The zero-order valence-electron chi connectivity index (χ0n) is 13.7. The van der Waals surface area contributed by atoms with Gasteiger partial charge in [-0.15, -0.1) is 0 Å². The van der Waals surface area contributed by atoms with Crippen LogP contribution in [0.15, 0.2) is 42.5 Å². The summed E-state index contributed by atoms with van der Waals surface area (Å²) in [6.45, 7) is 1.79. The number of carbonyl (C=O) groups is 2. The van der Waals surface area contributed by atoms with Gasteiger partial charge in [0.05, 0.1) is 12.0 Å². The Bertz CT molecular complexity index is 802. The molecule has 0 bridgehead atoms. The summed E-state index contributed by atoms with van der Waals surface area (Å²) in [6, 6.07) is 11.2. The van der Waals surface area contributed by atoms with E-state index >= 15 is 0 Å². The monoisotopic (exact) mass is 343 g/mol. The third kappa shape index (κ3) is 4.54. The number of rotatable bonds is 5. The molecule has 0 saturated carbocycles. The molecule has 0 spiro atoms. The average Bonchev–Trinajstić information content (AvgIpc) is 2.60. The molecule has 8 nitrogen and oxygen atoms in total. The fraction of sp³-hybridized carbons (Fsp3) is 0.176. The van der Waals surface area contributed by atoms with E-state index in [1.807, 2.05) is 0 Å². The third-order valence-electron chi connectivity index (χ3n) is 3.59. The maximum atomic E-state index is 12.3. The summed E-state index contributed by atoms with van der Waals surface area (Å²) in [5.74, 6) is -0.391. The lowest BCUT2D eigenvalue weighted by Gasteiger charge is -2.09. The van der Waals surface area contributed by atoms with Crippen molar-refractivity contribution in [3.8, 4) is 0 Å². The number of amides is 2. The number of anilines is 1. The Morgan fingerprint density at radius 1 is 1.16 bits per heavy atom. The van der Waals surface area contributed by atoms with Crippen LogP contribution in [0, 0.1) is 17.0 Å². The molecule has 8 heteroatoms. The molecule has 2 N–H and O–H groups in total. The number of hydrogen-bond acceptors (Lipinski definition) is 5. The van der Waals surface area contributed by atoms with E-state index in [1.165, 1.54) is 19.2 Å². The van der Waals surface area contributed by atoms with Gasteiger partial charge in [-0.1, -0.05) is 18.2 Å². The minimum Gasteiger partial charge on any atom is -0.453 e. The molecule has 0 aliphatic carbocycles. The van der Waals surface area contributed by atoms with Crippen LogP contribution in [-0.2, 0) is 11.3 Å². The molecule has 0 atom stereocenters. The van der Waals surface area contributed by atoms with E-state index in [9.17, 15) is 19.7 Å². The van der Waals surface area contributed by atoms with Gasteiger partial charge >= 0.3 is 6.09 Å². The highest BCUT2D eigenvalue weighted by Gasteiger charge is 2.17. The molecule has 25 heavy (non-hydrogen) atoms. The third-order valence-corrected chi connectivity index (χ3v) is 3.59. The Balaban J connectivity index is 2.02. The van der Waals surface area contributed by atoms with Crippen molar-refractivity contribution in [3.63, 3.8) is 0 Å². The van der Waals surface area contributed by atoms with E-state index in [-0.39, 0.29) is 17.8 Å². The van der Waals surface area contributed by atoms with Crippen LogP contribution in [0.3, 0.4) is 0 Å². The summed E-state index contributed by atoms with van der Waals surface area (Å²) in [4.78, 5) is 33.8. The van der Waals surface area contributed by atoms with Gasteiger partial charge in [0.15, 0.2) is 0 Å². The molecule has 0 radical (unpaired) electrons. The Labute approximate surface area is 144 Å². The van der Waals surface area contributed by atoms with E-state index in [0.717, 1.165) is 5.56 Å². The molecule has 0 heterocycles. The van der Waals surface area contributed by atoms with E-state index < -0.39 is 16.9 Å². The molecule has 2 amide bonds. The topological polar surface area (TPSA) is 111 Å². The van der Waals surface area contributed by atoms with Crippen LogP contribution in [0.1, 0.15) is 21.5 Å². The maximum absolute atomic E-state index is 12.3. The number of nitro groups is 1. The van der Waals surface area contributed by atoms with E-state index in [2.05, 4.69) is 15.4 Å². The van der Waals surface area contributed by atoms with Crippen molar-refractivity contribution in [2.75, 3.05) is 12.4 Å². The van der Waals surface area contributed by atoms with Crippen molar-refractivity contribution in [2.45, 2.75) is 13.5 Å². The minimum atomic E-state index is -0.567. The van der Waals surface area contributed by atoms with Crippen molar-refractivity contribution < 1.29 is 19.2 Å². The molecule has 2 rings (SSSR count). The summed E-state index contributed by atoms with van der Waals surface area (Å²) in [6.07, 6.45) is -0.567. The van der Waals surface area contributed by atoms with Crippen LogP contribution < -0.4 is 10.6 Å². The zero-order chi connectivity index (χ0) is 18.4. The lowest BCUT2D eigenvalue weighted by Crippen LogP contribution is -2.23. The van der Waals surface area contributed by atoms with Gasteiger partial charge in [-0.3, -0.25) is 20.2 Å². The normalized spacial score (nSPS) is 10.0. The average molecular weight is 343 g/mol. The Hall–Kier alpha value is -3.42. The first-order chi connectivity index (χ1) is 11.9. The highest BCUT2D eigenvalue weighted by atomic mass is 16.6. The quantitative estimate of drug-likeness (QED) is 0.640.